The van der Waals surface area contributed by atoms with Crippen molar-refractivity contribution in [2.75, 3.05) is 54.0 Å². The van der Waals surface area contributed by atoms with Crippen molar-refractivity contribution in [1.29, 1.82) is 0 Å². The van der Waals surface area contributed by atoms with E-state index in [0.717, 1.165) is 32.1 Å². The maximum Gasteiger partial charge on any atom is 0.236 e. The lowest BCUT2D eigenvalue weighted by molar-refractivity contribution is -0.130. The van der Waals surface area contributed by atoms with Crippen molar-refractivity contribution in [2.45, 2.75) is 49.5 Å². The molecule has 1 atom stereocenters. The Morgan fingerprint density at radius 1 is 1.21 bits per heavy atom. The van der Waals surface area contributed by atoms with Crippen LogP contribution in [0.25, 0.3) is 0 Å². The second kappa shape index (κ2) is 10.9. The van der Waals surface area contributed by atoms with Gasteiger partial charge in [-0.15, -0.1) is 0 Å². The molecule has 1 aromatic carbocycles. The fourth-order valence-corrected chi connectivity index (χ4v) is 5.60. The average molecular weight is 462 g/mol. The summed E-state index contributed by atoms with van der Waals surface area (Å²) in [5.74, 6) is -0.902. The summed E-state index contributed by atoms with van der Waals surface area (Å²) >= 11 is 0. The van der Waals surface area contributed by atoms with Crippen LogP contribution in [0.5, 0.6) is 0 Å². The predicted octanol–water partition coefficient (Wildman–Crippen LogP) is 0.288. The van der Waals surface area contributed by atoms with E-state index in [1.807, 2.05) is 6.07 Å². The van der Waals surface area contributed by atoms with Gasteiger partial charge in [0.05, 0.1) is 13.1 Å². The van der Waals surface area contributed by atoms with Crippen LogP contribution >= 0.6 is 0 Å². The number of aliphatic hydroxyl groups is 1. The van der Waals surface area contributed by atoms with Crippen LogP contribution in [0.15, 0.2) is 30.3 Å². The van der Waals surface area contributed by atoms with Gasteiger partial charge >= 0.3 is 0 Å². The molecule has 2 amide bonds. The van der Waals surface area contributed by atoms with Gasteiger partial charge in [-0.05, 0) is 51.8 Å². The fraction of sp³-hybridized carbons (Fsp3) is 0.667. The molecular formula is C24H39N5O4. The molecule has 2 aliphatic rings. The van der Waals surface area contributed by atoms with Gasteiger partial charge in [0.25, 0.3) is 0 Å². The molecule has 1 saturated carbocycles. The average Bonchev–Trinajstić information content (AvgIpc) is 3.04. The van der Waals surface area contributed by atoms with E-state index >= 15 is 0 Å². The minimum atomic E-state index is -0.857. The van der Waals surface area contributed by atoms with Crippen molar-refractivity contribution in [3.8, 4) is 0 Å². The van der Waals surface area contributed by atoms with Crippen LogP contribution in [0, 0.1) is 0 Å². The Hall–Kier alpha value is -2.04. The highest BCUT2D eigenvalue weighted by Crippen LogP contribution is 2.49. The number of primary amides is 1. The Kier molecular flexibility index (Phi) is 8.47. The fourth-order valence-electron chi connectivity index (χ4n) is 5.60. The number of carbonyl (C=O) groups is 2. The molecule has 1 spiro atoms. The summed E-state index contributed by atoms with van der Waals surface area (Å²) in [6.45, 7) is 1.73. The summed E-state index contributed by atoms with van der Waals surface area (Å²) < 4.78 is 5.24. The molecule has 2 fully saturated rings. The molecule has 3 rings (SSSR count). The van der Waals surface area contributed by atoms with Gasteiger partial charge in [0.15, 0.2) is 6.35 Å². The lowest BCUT2D eigenvalue weighted by Crippen LogP contribution is -2.56. The zero-order valence-electron chi connectivity index (χ0n) is 20.1. The normalized spacial score (nSPS) is 28.5. The van der Waals surface area contributed by atoms with E-state index < -0.39 is 12.3 Å². The van der Waals surface area contributed by atoms with Crippen LogP contribution in [0.4, 0.5) is 0 Å². The van der Waals surface area contributed by atoms with Crippen LogP contribution < -0.4 is 11.1 Å². The summed E-state index contributed by atoms with van der Waals surface area (Å²) in [5.41, 5.74) is 6.18. The monoisotopic (exact) mass is 461 g/mol. The van der Waals surface area contributed by atoms with E-state index in [1.54, 1.807) is 12.0 Å². The molecule has 9 nitrogen and oxygen atoms in total. The van der Waals surface area contributed by atoms with E-state index in [2.05, 4.69) is 53.5 Å². The smallest absolute Gasteiger partial charge is 0.236 e. The Morgan fingerprint density at radius 2 is 1.88 bits per heavy atom. The minimum absolute atomic E-state index is 0.0223. The number of hydrogen-bond acceptors (Lipinski definition) is 7. The van der Waals surface area contributed by atoms with Crippen molar-refractivity contribution >= 4 is 11.8 Å². The number of ether oxygens (including phenoxy) is 1. The molecule has 184 valence electrons. The summed E-state index contributed by atoms with van der Waals surface area (Å²) in [7, 11) is 5.96. The summed E-state index contributed by atoms with van der Waals surface area (Å²) in [6.07, 6.45) is 3.67. The number of nitrogens with two attached hydrogens (primary N) is 1. The number of rotatable bonds is 10. The van der Waals surface area contributed by atoms with Crippen LogP contribution in [0.3, 0.4) is 0 Å². The third-order valence-corrected chi connectivity index (χ3v) is 7.44. The van der Waals surface area contributed by atoms with Gasteiger partial charge < -0.3 is 20.9 Å². The largest absolute Gasteiger partial charge is 0.385 e. The van der Waals surface area contributed by atoms with E-state index in [9.17, 15) is 14.7 Å². The van der Waals surface area contributed by atoms with E-state index in [0.29, 0.717) is 19.7 Å². The van der Waals surface area contributed by atoms with E-state index in [-0.39, 0.29) is 30.1 Å². The quantitative estimate of drug-likeness (QED) is 0.430. The Labute approximate surface area is 196 Å². The molecule has 1 saturated heterocycles. The van der Waals surface area contributed by atoms with Crippen molar-refractivity contribution in [1.82, 2.24) is 20.0 Å². The number of carbonyl (C=O) groups excluding carboxylic acids is 2. The second-order valence-corrected chi connectivity index (χ2v) is 9.55. The molecule has 1 heterocycles. The second-order valence-electron chi connectivity index (χ2n) is 9.55. The summed E-state index contributed by atoms with van der Waals surface area (Å²) in [6, 6.07) is 10.6. The van der Waals surface area contributed by atoms with Crippen LogP contribution in [0.1, 0.15) is 37.7 Å². The summed E-state index contributed by atoms with van der Waals surface area (Å²) in [5, 5.41) is 13.7. The highest BCUT2D eigenvalue weighted by atomic mass is 16.5. The first-order valence-corrected chi connectivity index (χ1v) is 11.7. The topological polar surface area (TPSA) is 111 Å². The first-order valence-electron chi connectivity index (χ1n) is 11.7. The maximum atomic E-state index is 12.3. The third kappa shape index (κ3) is 5.55. The molecule has 0 radical (unpaired) electrons. The minimum Gasteiger partial charge on any atom is -0.385 e. The van der Waals surface area contributed by atoms with E-state index in [4.69, 9.17) is 10.5 Å². The van der Waals surface area contributed by atoms with Gasteiger partial charge in [0, 0.05) is 37.9 Å². The number of nitrogens with one attached hydrogen (secondary N) is 1. The Bertz CT molecular complexity index is 795. The zero-order valence-corrected chi connectivity index (χ0v) is 20.1. The highest BCUT2D eigenvalue weighted by molar-refractivity contribution is 5.84. The first kappa shape index (κ1) is 25.6. The molecule has 9 heteroatoms. The molecule has 1 unspecified atom stereocenters. The number of benzene rings is 1. The molecule has 1 aliphatic carbocycles. The van der Waals surface area contributed by atoms with E-state index in [1.165, 1.54) is 5.56 Å². The number of methoxy groups -OCH3 is 1. The number of nitrogens with zero attached hydrogens (tertiary/aromatic N) is 3. The summed E-state index contributed by atoms with van der Waals surface area (Å²) in [4.78, 5) is 29.6. The molecule has 0 aromatic heterocycles. The maximum absolute atomic E-state index is 12.3. The molecule has 4 N–H and O–H groups in total. The SMILES string of the molecule is COCCCN1C(O)N(CC(=O)NCC(N)=O)CC12CCC(c1ccccc1)(N(C)C)CC2. The lowest BCUT2D eigenvalue weighted by Gasteiger charge is -2.51. The predicted molar refractivity (Wildman–Crippen MR) is 126 cm³/mol. The van der Waals surface area contributed by atoms with Crippen molar-refractivity contribution in [3.63, 3.8) is 0 Å². The van der Waals surface area contributed by atoms with Crippen molar-refractivity contribution in [2.24, 2.45) is 5.73 Å². The van der Waals surface area contributed by atoms with Gasteiger partial charge in [0.2, 0.25) is 11.8 Å². The molecule has 33 heavy (non-hydrogen) atoms. The van der Waals surface area contributed by atoms with Gasteiger partial charge in [-0.3, -0.25) is 24.3 Å². The standard InChI is InChI=1S/C24H39N5O4/c1-27(2)24(19-8-5-4-6-9-19)12-10-23(11-13-24)18-28(17-21(31)26-16-20(25)30)22(32)29(23)14-7-15-33-3/h4-6,8-9,22,32H,7,10-18H2,1-3H3,(H2,25,30)(H,26,31). The van der Waals surface area contributed by atoms with Crippen LogP contribution in [0.2, 0.25) is 0 Å². The number of amides is 2. The molecule has 1 aromatic rings. The molecular weight excluding hydrogens is 422 g/mol. The van der Waals surface area contributed by atoms with Gasteiger partial charge in [-0.1, -0.05) is 30.3 Å². The third-order valence-electron chi connectivity index (χ3n) is 7.44. The first-order chi connectivity index (χ1) is 15.7. The Morgan fingerprint density at radius 3 is 2.45 bits per heavy atom. The number of aliphatic hydroxyl groups excluding tert-OH is 1. The van der Waals surface area contributed by atoms with Gasteiger partial charge in [-0.2, -0.15) is 0 Å². The van der Waals surface area contributed by atoms with Crippen molar-refractivity contribution < 1.29 is 19.4 Å². The number of hydrogen-bond donors (Lipinski definition) is 3. The molecule has 0 bridgehead atoms. The lowest BCUT2D eigenvalue weighted by atomic mass is 9.68. The zero-order chi connectivity index (χ0) is 24.1. The Balaban J connectivity index is 1.78. The van der Waals surface area contributed by atoms with Crippen molar-refractivity contribution in [3.05, 3.63) is 35.9 Å². The van der Waals surface area contributed by atoms with Crippen LogP contribution in [-0.4, -0.2) is 97.5 Å². The molecule has 1 aliphatic heterocycles. The highest BCUT2D eigenvalue weighted by Gasteiger charge is 2.54. The van der Waals surface area contributed by atoms with Crippen LogP contribution in [-0.2, 0) is 19.9 Å². The van der Waals surface area contributed by atoms with Gasteiger partial charge in [0.1, 0.15) is 0 Å². The van der Waals surface area contributed by atoms with Gasteiger partial charge in [-0.25, -0.2) is 0 Å².